The zero-order chi connectivity index (χ0) is 13.0. The van der Waals surface area contributed by atoms with Crippen molar-refractivity contribution in [1.82, 2.24) is 10.2 Å². The predicted molar refractivity (Wildman–Crippen MR) is 82.6 cm³/mol. The maximum absolute atomic E-state index is 5.94. The van der Waals surface area contributed by atoms with Crippen molar-refractivity contribution >= 4 is 12.4 Å². The van der Waals surface area contributed by atoms with E-state index in [1.165, 1.54) is 17.5 Å². The SMILES string of the molecule is Cc1cccc(C)c1OCCN(C)C1CCNC1.Cl. The predicted octanol–water partition coefficient (Wildman–Crippen LogP) is 2.40. The van der Waals surface area contributed by atoms with Crippen LogP contribution < -0.4 is 10.1 Å². The molecule has 1 fully saturated rings. The van der Waals surface area contributed by atoms with Gasteiger partial charge in [0.05, 0.1) is 0 Å². The smallest absolute Gasteiger partial charge is 0.125 e. The number of benzene rings is 1. The van der Waals surface area contributed by atoms with Crippen LogP contribution >= 0.6 is 12.4 Å². The lowest BCUT2D eigenvalue weighted by atomic mass is 10.1. The second kappa shape index (κ2) is 7.73. The molecule has 1 N–H and O–H groups in total. The van der Waals surface area contributed by atoms with Crippen LogP contribution in [-0.4, -0.2) is 44.2 Å². The van der Waals surface area contributed by atoms with Gasteiger partial charge in [-0.1, -0.05) is 18.2 Å². The summed E-state index contributed by atoms with van der Waals surface area (Å²) in [4.78, 5) is 2.40. The highest BCUT2D eigenvalue weighted by Gasteiger charge is 2.18. The van der Waals surface area contributed by atoms with E-state index in [9.17, 15) is 0 Å². The molecule has 1 saturated heterocycles. The number of nitrogens with zero attached hydrogens (tertiary/aromatic N) is 1. The largest absolute Gasteiger partial charge is 0.492 e. The van der Waals surface area contributed by atoms with E-state index in [-0.39, 0.29) is 12.4 Å². The molecule has 19 heavy (non-hydrogen) atoms. The van der Waals surface area contributed by atoms with E-state index < -0.39 is 0 Å². The van der Waals surface area contributed by atoms with Gasteiger partial charge in [-0.3, -0.25) is 4.90 Å². The Hall–Kier alpha value is -0.770. The Morgan fingerprint density at radius 2 is 2.00 bits per heavy atom. The number of rotatable bonds is 5. The second-order valence-electron chi connectivity index (χ2n) is 5.20. The molecule has 0 bridgehead atoms. The Morgan fingerprint density at radius 3 is 2.58 bits per heavy atom. The van der Waals surface area contributed by atoms with Crippen molar-refractivity contribution in [2.45, 2.75) is 26.3 Å². The lowest BCUT2D eigenvalue weighted by molar-refractivity contribution is 0.198. The highest BCUT2D eigenvalue weighted by molar-refractivity contribution is 5.85. The van der Waals surface area contributed by atoms with E-state index in [1.807, 2.05) is 0 Å². The number of para-hydroxylation sites is 1. The van der Waals surface area contributed by atoms with Gasteiger partial charge >= 0.3 is 0 Å². The third kappa shape index (κ3) is 4.37. The Morgan fingerprint density at radius 1 is 1.32 bits per heavy atom. The molecule has 0 amide bonds. The summed E-state index contributed by atoms with van der Waals surface area (Å²) in [6.07, 6.45) is 1.25. The molecule has 1 aromatic rings. The van der Waals surface area contributed by atoms with Crippen LogP contribution in [0.1, 0.15) is 17.5 Å². The highest BCUT2D eigenvalue weighted by atomic mass is 35.5. The first-order valence-electron chi connectivity index (χ1n) is 6.78. The summed E-state index contributed by atoms with van der Waals surface area (Å²) >= 11 is 0. The molecular formula is C15H25ClN2O. The Bertz CT molecular complexity index is 371. The van der Waals surface area contributed by atoms with Crippen LogP contribution in [0.4, 0.5) is 0 Å². The molecule has 1 atom stereocenters. The van der Waals surface area contributed by atoms with E-state index in [4.69, 9.17) is 4.74 Å². The van der Waals surface area contributed by atoms with Crippen LogP contribution in [0.15, 0.2) is 18.2 Å². The van der Waals surface area contributed by atoms with Gasteiger partial charge in [-0.25, -0.2) is 0 Å². The molecule has 0 radical (unpaired) electrons. The van der Waals surface area contributed by atoms with Gasteiger partial charge in [0.1, 0.15) is 12.4 Å². The zero-order valence-corrected chi connectivity index (χ0v) is 12.9. The summed E-state index contributed by atoms with van der Waals surface area (Å²) in [6, 6.07) is 6.96. The Kier molecular flexibility index (Phi) is 6.63. The number of halogens is 1. The van der Waals surface area contributed by atoms with Gasteiger partial charge in [0.25, 0.3) is 0 Å². The lowest BCUT2D eigenvalue weighted by Crippen LogP contribution is -2.36. The molecule has 1 unspecified atom stereocenters. The van der Waals surface area contributed by atoms with Gasteiger partial charge in [-0.05, 0) is 45.0 Å². The topological polar surface area (TPSA) is 24.5 Å². The van der Waals surface area contributed by atoms with Crippen LogP contribution in [-0.2, 0) is 0 Å². The molecule has 1 aromatic carbocycles. The maximum Gasteiger partial charge on any atom is 0.125 e. The number of hydrogen-bond acceptors (Lipinski definition) is 3. The van der Waals surface area contributed by atoms with Crippen LogP contribution in [0, 0.1) is 13.8 Å². The molecule has 0 aliphatic carbocycles. The fraction of sp³-hybridized carbons (Fsp3) is 0.600. The van der Waals surface area contributed by atoms with Crippen molar-refractivity contribution in [3.63, 3.8) is 0 Å². The summed E-state index contributed by atoms with van der Waals surface area (Å²) in [5.41, 5.74) is 2.44. The molecular weight excluding hydrogens is 260 g/mol. The second-order valence-corrected chi connectivity index (χ2v) is 5.20. The van der Waals surface area contributed by atoms with Crippen LogP contribution in [0.5, 0.6) is 5.75 Å². The third-order valence-electron chi connectivity index (χ3n) is 3.76. The lowest BCUT2D eigenvalue weighted by Gasteiger charge is -2.23. The van der Waals surface area contributed by atoms with Crippen LogP contribution in [0.3, 0.4) is 0 Å². The number of ether oxygens (including phenoxy) is 1. The number of aryl methyl sites for hydroxylation is 2. The van der Waals surface area contributed by atoms with E-state index >= 15 is 0 Å². The molecule has 3 nitrogen and oxygen atoms in total. The normalized spacial score (nSPS) is 18.4. The summed E-state index contributed by atoms with van der Waals surface area (Å²) < 4.78 is 5.94. The molecule has 4 heteroatoms. The molecule has 1 heterocycles. The van der Waals surface area contributed by atoms with Crippen LogP contribution in [0.2, 0.25) is 0 Å². The average Bonchev–Trinajstić information content (AvgIpc) is 2.86. The summed E-state index contributed by atoms with van der Waals surface area (Å²) in [7, 11) is 2.19. The third-order valence-corrected chi connectivity index (χ3v) is 3.76. The highest BCUT2D eigenvalue weighted by Crippen LogP contribution is 2.22. The van der Waals surface area contributed by atoms with Crippen molar-refractivity contribution in [3.05, 3.63) is 29.3 Å². The van der Waals surface area contributed by atoms with Gasteiger partial charge in [0.2, 0.25) is 0 Å². The molecule has 0 spiro atoms. The summed E-state index contributed by atoms with van der Waals surface area (Å²) in [6.45, 7) is 8.21. The summed E-state index contributed by atoms with van der Waals surface area (Å²) in [5, 5.41) is 3.40. The van der Waals surface area contributed by atoms with E-state index in [2.05, 4.69) is 49.3 Å². The fourth-order valence-corrected chi connectivity index (χ4v) is 2.52. The quantitative estimate of drug-likeness (QED) is 0.899. The van der Waals surface area contributed by atoms with Crippen molar-refractivity contribution in [2.75, 3.05) is 33.3 Å². The van der Waals surface area contributed by atoms with E-state index in [1.54, 1.807) is 0 Å². The number of nitrogens with one attached hydrogen (secondary N) is 1. The van der Waals surface area contributed by atoms with E-state index in [0.717, 1.165) is 32.0 Å². The van der Waals surface area contributed by atoms with Crippen molar-refractivity contribution < 1.29 is 4.74 Å². The molecule has 0 saturated carbocycles. The average molecular weight is 285 g/mol. The van der Waals surface area contributed by atoms with Crippen molar-refractivity contribution in [1.29, 1.82) is 0 Å². The number of likely N-dealkylation sites (N-methyl/N-ethyl adjacent to an activating group) is 1. The standard InChI is InChI=1S/C15H24N2O.ClH/c1-12-5-4-6-13(2)15(12)18-10-9-17(3)14-7-8-16-11-14;/h4-6,14,16H,7-11H2,1-3H3;1H. The maximum atomic E-state index is 5.94. The van der Waals surface area contributed by atoms with Gasteiger partial charge < -0.3 is 10.1 Å². The van der Waals surface area contributed by atoms with Crippen molar-refractivity contribution in [2.24, 2.45) is 0 Å². The molecule has 1 aliphatic rings. The van der Waals surface area contributed by atoms with Crippen molar-refractivity contribution in [3.8, 4) is 5.75 Å². The summed E-state index contributed by atoms with van der Waals surface area (Å²) in [5.74, 6) is 1.05. The zero-order valence-electron chi connectivity index (χ0n) is 12.1. The number of hydrogen-bond donors (Lipinski definition) is 1. The molecule has 0 aromatic heterocycles. The van der Waals surface area contributed by atoms with Gasteiger partial charge in [0, 0.05) is 19.1 Å². The molecule has 1 aliphatic heterocycles. The van der Waals surface area contributed by atoms with Gasteiger partial charge in [-0.2, -0.15) is 0 Å². The Balaban J connectivity index is 0.00000180. The minimum atomic E-state index is 0. The first kappa shape index (κ1) is 16.3. The van der Waals surface area contributed by atoms with Gasteiger partial charge in [0.15, 0.2) is 0 Å². The first-order valence-corrected chi connectivity index (χ1v) is 6.78. The first-order chi connectivity index (χ1) is 8.68. The Labute approximate surface area is 122 Å². The monoisotopic (exact) mass is 284 g/mol. The fourth-order valence-electron chi connectivity index (χ4n) is 2.52. The van der Waals surface area contributed by atoms with E-state index in [0.29, 0.717) is 6.04 Å². The minimum Gasteiger partial charge on any atom is -0.492 e. The van der Waals surface area contributed by atoms with Crippen LogP contribution in [0.25, 0.3) is 0 Å². The van der Waals surface area contributed by atoms with Gasteiger partial charge in [-0.15, -0.1) is 12.4 Å². The molecule has 2 rings (SSSR count). The minimum absolute atomic E-state index is 0. The molecule has 108 valence electrons.